The lowest BCUT2D eigenvalue weighted by atomic mass is 10.2. The second-order valence-corrected chi connectivity index (χ2v) is 5.17. The smallest absolute Gasteiger partial charge is 0.321 e. The van der Waals surface area contributed by atoms with Gasteiger partial charge in [-0.05, 0) is 24.5 Å². The minimum atomic E-state index is -0.683. The Bertz CT molecular complexity index is 572. The lowest BCUT2D eigenvalue weighted by molar-refractivity contribution is -0.385. The number of carbonyl (C=O) groups is 2. The van der Waals surface area contributed by atoms with E-state index in [9.17, 15) is 19.7 Å². The first-order valence-corrected chi connectivity index (χ1v) is 6.75. The highest BCUT2D eigenvalue weighted by Crippen LogP contribution is 2.27. The number of imide groups is 1. The topological polar surface area (TPSA) is 111 Å². The molecule has 0 aliphatic rings. The molecule has 0 atom stereocenters. The summed E-state index contributed by atoms with van der Waals surface area (Å²) in [6.07, 6.45) is 0. The zero-order valence-electron chi connectivity index (χ0n) is 12.7. The standard InChI is InChI=1S/C14H19N3O5/c1-9(2)7-15-14(19)16-13(18)8-22-12-6-10(3)4-5-11(12)17(20)21/h4-6,9H,7-8H2,1-3H3,(H2,15,16,18,19). The SMILES string of the molecule is Cc1ccc([N+](=O)[O-])c(OCC(=O)NC(=O)NCC(C)C)c1. The Morgan fingerprint density at radius 2 is 2.05 bits per heavy atom. The number of rotatable bonds is 6. The predicted octanol–water partition coefficient (Wildman–Crippen LogP) is 1.76. The van der Waals surface area contributed by atoms with Gasteiger partial charge in [0.1, 0.15) is 0 Å². The van der Waals surface area contributed by atoms with Crippen LogP contribution in [-0.4, -0.2) is 30.0 Å². The maximum Gasteiger partial charge on any atom is 0.321 e. The zero-order chi connectivity index (χ0) is 16.7. The molecule has 0 saturated carbocycles. The molecule has 0 aromatic heterocycles. The van der Waals surface area contributed by atoms with Crippen molar-refractivity contribution in [1.29, 1.82) is 0 Å². The van der Waals surface area contributed by atoms with Crippen molar-refractivity contribution in [2.24, 2.45) is 5.92 Å². The van der Waals surface area contributed by atoms with E-state index in [0.717, 1.165) is 5.56 Å². The van der Waals surface area contributed by atoms with Crippen molar-refractivity contribution < 1.29 is 19.2 Å². The molecule has 1 aromatic carbocycles. The highest BCUT2D eigenvalue weighted by Gasteiger charge is 2.16. The second-order valence-electron chi connectivity index (χ2n) is 5.17. The number of amides is 3. The number of urea groups is 1. The fourth-order valence-electron chi connectivity index (χ4n) is 1.53. The summed E-state index contributed by atoms with van der Waals surface area (Å²) in [6.45, 7) is 5.53. The highest BCUT2D eigenvalue weighted by atomic mass is 16.6. The molecule has 0 unspecified atom stereocenters. The van der Waals surface area contributed by atoms with Crippen LogP contribution in [0.15, 0.2) is 18.2 Å². The van der Waals surface area contributed by atoms with E-state index in [1.165, 1.54) is 12.1 Å². The summed E-state index contributed by atoms with van der Waals surface area (Å²) in [7, 11) is 0. The van der Waals surface area contributed by atoms with Crippen LogP contribution in [0.25, 0.3) is 0 Å². The molecule has 0 bridgehead atoms. The molecule has 3 amide bonds. The summed E-state index contributed by atoms with van der Waals surface area (Å²) in [4.78, 5) is 33.2. The zero-order valence-corrected chi connectivity index (χ0v) is 12.7. The van der Waals surface area contributed by atoms with Gasteiger partial charge in [-0.15, -0.1) is 0 Å². The van der Waals surface area contributed by atoms with Gasteiger partial charge in [0, 0.05) is 12.6 Å². The molecule has 22 heavy (non-hydrogen) atoms. The lowest BCUT2D eigenvalue weighted by Gasteiger charge is -2.10. The van der Waals surface area contributed by atoms with Crippen molar-refractivity contribution in [2.75, 3.05) is 13.2 Å². The van der Waals surface area contributed by atoms with Gasteiger partial charge in [-0.1, -0.05) is 19.9 Å². The molecule has 1 rings (SSSR count). The molecule has 120 valence electrons. The minimum absolute atomic E-state index is 0.0114. The van der Waals surface area contributed by atoms with E-state index in [1.54, 1.807) is 13.0 Å². The van der Waals surface area contributed by atoms with Gasteiger partial charge in [0.05, 0.1) is 4.92 Å². The van der Waals surface area contributed by atoms with E-state index in [4.69, 9.17) is 4.74 Å². The van der Waals surface area contributed by atoms with Crippen LogP contribution in [-0.2, 0) is 4.79 Å². The van der Waals surface area contributed by atoms with Gasteiger partial charge in [-0.25, -0.2) is 4.79 Å². The number of nitrogens with one attached hydrogen (secondary N) is 2. The quantitative estimate of drug-likeness (QED) is 0.614. The van der Waals surface area contributed by atoms with Crippen LogP contribution in [0.3, 0.4) is 0 Å². The third-order valence-electron chi connectivity index (χ3n) is 2.59. The van der Waals surface area contributed by atoms with Gasteiger partial charge >= 0.3 is 11.7 Å². The van der Waals surface area contributed by atoms with Crippen LogP contribution in [0.1, 0.15) is 19.4 Å². The number of ether oxygens (including phenoxy) is 1. The van der Waals surface area contributed by atoms with Gasteiger partial charge in [0.2, 0.25) is 0 Å². The Hall–Kier alpha value is -2.64. The molecular formula is C14H19N3O5. The summed E-state index contributed by atoms with van der Waals surface area (Å²) < 4.78 is 5.13. The fraction of sp³-hybridized carbons (Fsp3) is 0.429. The van der Waals surface area contributed by atoms with Crippen molar-refractivity contribution in [2.45, 2.75) is 20.8 Å². The largest absolute Gasteiger partial charge is 0.477 e. The first-order valence-electron chi connectivity index (χ1n) is 6.75. The van der Waals surface area contributed by atoms with E-state index in [-0.39, 0.29) is 17.4 Å². The molecule has 0 saturated heterocycles. The molecule has 0 aliphatic heterocycles. The normalized spacial score (nSPS) is 10.2. The summed E-state index contributed by atoms with van der Waals surface area (Å²) >= 11 is 0. The average Bonchev–Trinajstić information content (AvgIpc) is 2.42. The minimum Gasteiger partial charge on any atom is -0.477 e. The maximum absolute atomic E-state index is 11.6. The molecule has 0 aliphatic carbocycles. The third kappa shape index (κ3) is 5.78. The summed E-state index contributed by atoms with van der Waals surface area (Å²) in [5.41, 5.74) is 0.526. The molecule has 0 spiro atoms. The molecule has 1 aromatic rings. The van der Waals surface area contributed by atoms with Crippen molar-refractivity contribution >= 4 is 17.6 Å². The van der Waals surface area contributed by atoms with E-state index in [0.29, 0.717) is 6.54 Å². The van der Waals surface area contributed by atoms with Gasteiger partial charge in [-0.2, -0.15) is 0 Å². The predicted molar refractivity (Wildman–Crippen MR) is 79.7 cm³/mol. The number of nitro benzene ring substituents is 1. The van der Waals surface area contributed by atoms with Gasteiger partial charge in [-0.3, -0.25) is 20.2 Å². The van der Waals surface area contributed by atoms with Gasteiger partial charge in [0.15, 0.2) is 12.4 Å². The molecule has 8 heteroatoms. The molecule has 0 heterocycles. The Morgan fingerprint density at radius 3 is 2.64 bits per heavy atom. The molecule has 8 nitrogen and oxygen atoms in total. The van der Waals surface area contributed by atoms with E-state index < -0.39 is 23.5 Å². The Labute approximate surface area is 128 Å². The fourth-order valence-corrected chi connectivity index (χ4v) is 1.53. The summed E-state index contributed by atoms with van der Waals surface area (Å²) in [5, 5.41) is 15.5. The summed E-state index contributed by atoms with van der Waals surface area (Å²) in [6, 6.07) is 3.72. The van der Waals surface area contributed by atoms with Crippen molar-refractivity contribution in [3.05, 3.63) is 33.9 Å². The molecule has 0 radical (unpaired) electrons. The van der Waals surface area contributed by atoms with Crippen LogP contribution in [0.5, 0.6) is 5.75 Å². The van der Waals surface area contributed by atoms with Crippen LogP contribution >= 0.6 is 0 Å². The van der Waals surface area contributed by atoms with Crippen molar-refractivity contribution in [3.8, 4) is 5.75 Å². The van der Waals surface area contributed by atoms with Crippen molar-refractivity contribution in [3.63, 3.8) is 0 Å². The molecule has 2 N–H and O–H groups in total. The van der Waals surface area contributed by atoms with Crippen LogP contribution < -0.4 is 15.4 Å². The molecule has 0 fully saturated rings. The molecular weight excluding hydrogens is 290 g/mol. The Kier molecular flexibility index (Phi) is 6.30. The highest BCUT2D eigenvalue weighted by molar-refractivity contribution is 5.95. The second kappa shape index (κ2) is 7.96. The van der Waals surface area contributed by atoms with Gasteiger partial charge in [0.25, 0.3) is 5.91 Å². The number of hydrogen-bond donors (Lipinski definition) is 2. The van der Waals surface area contributed by atoms with Gasteiger partial charge < -0.3 is 10.1 Å². The third-order valence-corrected chi connectivity index (χ3v) is 2.59. The number of benzene rings is 1. The Morgan fingerprint density at radius 1 is 1.36 bits per heavy atom. The van der Waals surface area contributed by atoms with E-state index in [1.807, 2.05) is 13.8 Å². The van der Waals surface area contributed by atoms with E-state index in [2.05, 4.69) is 10.6 Å². The number of nitrogens with zero attached hydrogens (tertiary/aromatic N) is 1. The number of hydrogen-bond acceptors (Lipinski definition) is 5. The van der Waals surface area contributed by atoms with Crippen molar-refractivity contribution in [1.82, 2.24) is 10.6 Å². The number of aryl methyl sites for hydroxylation is 1. The monoisotopic (exact) mass is 309 g/mol. The first-order chi connectivity index (χ1) is 10.3. The first kappa shape index (κ1) is 17.4. The van der Waals surface area contributed by atoms with Crippen LogP contribution in [0.4, 0.5) is 10.5 Å². The number of carbonyl (C=O) groups excluding carboxylic acids is 2. The average molecular weight is 309 g/mol. The summed E-state index contributed by atoms with van der Waals surface area (Å²) in [5.74, 6) is -0.438. The lowest BCUT2D eigenvalue weighted by Crippen LogP contribution is -2.42. The van der Waals surface area contributed by atoms with Crippen LogP contribution in [0, 0.1) is 23.0 Å². The Balaban J connectivity index is 2.55. The van der Waals surface area contributed by atoms with Crippen LogP contribution in [0.2, 0.25) is 0 Å². The maximum atomic E-state index is 11.6. The number of nitro groups is 1. The van der Waals surface area contributed by atoms with E-state index >= 15 is 0 Å².